The van der Waals surface area contributed by atoms with E-state index in [1.165, 1.54) is 12.1 Å². The molecule has 0 radical (unpaired) electrons. The van der Waals surface area contributed by atoms with E-state index in [0.717, 1.165) is 18.7 Å². The molecule has 1 N–H and O–H groups in total. The van der Waals surface area contributed by atoms with Gasteiger partial charge in [0.2, 0.25) is 0 Å². The molecule has 0 unspecified atom stereocenters. The van der Waals surface area contributed by atoms with Crippen molar-refractivity contribution >= 4 is 16.7 Å². The lowest BCUT2D eigenvalue weighted by Crippen LogP contribution is -2.62. The van der Waals surface area contributed by atoms with Gasteiger partial charge in [-0.3, -0.25) is 9.69 Å². The molecule has 5 rings (SSSR count). The Morgan fingerprint density at radius 2 is 1.67 bits per heavy atom. The average molecular weight is 515 g/mol. The van der Waals surface area contributed by atoms with Gasteiger partial charge in [0.15, 0.2) is 0 Å². The van der Waals surface area contributed by atoms with Crippen LogP contribution in [0.3, 0.4) is 0 Å². The minimum Gasteiger partial charge on any atom is -0.490 e. The lowest BCUT2D eigenvalue weighted by Gasteiger charge is -2.58. The molecule has 10 heteroatoms. The Kier molecular flexibility index (Phi) is 6.16. The van der Waals surface area contributed by atoms with E-state index in [2.05, 4.69) is 4.90 Å². The van der Waals surface area contributed by atoms with Crippen molar-refractivity contribution < 1.29 is 41.0 Å². The molecule has 1 aliphatic heterocycles. The minimum atomic E-state index is -4.69. The number of carboxylic acids is 1. The van der Waals surface area contributed by atoms with E-state index in [1.807, 2.05) is 0 Å². The second kappa shape index (κ2) is 8.82. The Morgan fingerprint density at radius 1 is 1.00 bits per heavy atom. The molecule has 0 amide bonds. The molecule has 0 aromatic heterocycles. The van der Waals surface area contributed by atoms with E-state index in [-0.39, 0.29) is 48.2 Å². The van der Waals surface area contributed by atoms with Crippen molar-refractivity contribution in [3.8, 4) is 5.75 Å². The van der Waals surface area contributed by atoms with Crippen molar-refractivity contribution in [3.05, 3.63) is 41.5 Å². The van der Waals surface area contributed by atoms with Crippen molar-refractivity contribution in [2.45, 2.75) is 63.5 Å². The van der Waals surface area contributed by atoms with Crippen LogP contribution in [-0.2, 0) is 17.5 Å². The van der Waals surface area contributed by atoms with Gasteiger partial charge in [0.05, 0.1) is 17.9 Å². The van der Waals surface area contributed by atoms with E-state index in [1.54, 1.807) is 18.2 Å². The molecule has 0 atom stereocenters. The van der Waals surface area contributed by atoms with Crippen molar-refractivity contribution in [2.75, 3.05) is 13.1 Å². The number of rotatable bonds is 5. The molecular formula is C26H27F6NO3. The molecule has 196 valence electrons. The monoisotopic (exact) mass is 515 g/mol. The zero-order chi connectivity index (χ0) is 25.9. The third-order valence-electron chi connectivity index (χ3n) is 7.99. The standard InChI is InChI=1S/C26H27F6NO3/c27-25(28,29)18-3-5-19(6-4-18)36-21-8-2-16-9-15(1-7-20(16)22(21)26(30,31)32)12-33-13-24(14-33)10-17(11-24)23(34)35/h1-2,7-9,17-19H,3-6,10-14H2,(H,34,35). The summed E-state index contributed by atoms with van der Waals surface area (Å²) in [6, 6.07) is 7.63. The van der Waals surface area contributed by atoms with Crippen molar-refractivity contribution in [2.24, 2.45) is 17.3 Å². The van der Waals surface area contributed by atoms with E-state index in [9.17, 15) is 31.1 Å². The molecule has 2 aromatic carbocycles. The number of aliphatic carboxylic acids is 1. The maximum Gasteiger partial charge on any atom is 0.420 e. The molecule has 1 saturated heterocycles. The summed E-state index contributed by atoms with van der Waals surface area (Å²) >= 11 is 0. The molecule has 1 spiro atoms. The average Bonchev–Trinajstić information content (AvgIpc) is 2.73. The maximum absolute atomic E-state index is 14.1. The fourth-order valence-corrected chi connectivity index (χ4v) is 6.23. The van der Waals surface area contributed by atoms with Crippen LogP contribution in [0.5, 0.6) is 5.75 Å². The third kappa shape index (κ3) is 4.88. The first kappa shape index (κ1) is 25.2. The maximum atomic E-state index is 14.1. The number of alkyl halides is 6. The van der Waals surface area contributed by atoms with Gasteiger partial charge in [0, 0.05) is 19.6 Å². The Balaban J connectivity index is 1.28. The van der Waals surface area contributed by atoms with Crippen LogP contribution in [-0.4, -0.2) is 41.3 Å². The largest absolute Gasteiger partial charge is 0.490 e. The van der Waals surface area contributed by atoms with Gasteiger partial charge in [-0.2, -0.15) is 26.3 Å². The molecule has 4 nitrogen and oxygen atoms in total. The minimum absolute atomic E-state index is 0.00361. The number of halogens is 6. The highest BCUT2D eigenvalue weighted by Crippen LogP contribution is 2.52. The van der Waals surface area contributed by atoms with E-state index >= 15 is 0 Å². The number of hydrogen-bond acceptors (Lipinski definition) is 3. The number of ether oxygens (including phenoxy) is 1. The smallest absolute Gasteiger partial charge is 0.420 e. The molecular weight excluding hydrogens is 488 g/mol. The summed E-state index contributed by atoms with van der Waals surface area (Å²) in [7, 11) is 0. The number of carboxylic acid groups (broad SMARTS) is 1. The Morgan fingerprint density at radius 3 is 2.25 bits per heavy atom. The predicted octanol–water partition coefficient (Wildman–Crippen LogP) is 6.66. The van der Waals surface area contributed by atoms with Crippen LogP contribution in [0, 0.1) is 17.3 Å². The fourth-order valence-electron chi connectivity index (χ4n) is 6.23. The third-order valence-corrected chi connectivity index (χ3v) is 7.99. The first-order valence-corrected chi connectivity index (χ1v) is 12.1. The summed E-state index contributed by atoms with van der Waals surface area (Å²) in [6.07, 6.45) is -8.51. The quantitative estimate of drug-likeness (QED) is 0.453. The molecule has 36 heavy (non-hydrogen) atoms. The summed E-state index contributed by atoms with van der Waals surface area (Å²) in [5, 5.41) is 9.48. The first-order chi connectivity index (χ1) is 16.8. The van der Waals surface area contributed by atoms with Gasteiger partial charge in [0.1, 0.15) is 11.3 Å². The van der Waals surface area contributed by atoms with E-state index in [0.29, 0.717) is 24.8 Å². The topological polar surface area (TPSA) is 49.8 Å². The van der Waals surface area contributed by atoms with Gasteiger partial charge in [0.25, 0.3) is 0 Å². The molecule has 2 aromatic rings. The number of hydrogen-bond donors (Lipinski definition) is 1. The summed E-state index contributed by atoms with van der Waals surface area (Å²) < 4.78 is 86.6. The highest BCUT2D eigenvalue weighted by molar-refractivity contribution is 5.89. The molecule has 3 fully saturated rings. The Hall–Kier alpha value is -2.49. The normalized spacial score (nSPS) is 24.9. The Bertz CT molecular complexity index is 1140. The molecule has 1 heterocycles. The van der Waals surface area contributed by atoms with Crippen LogP contribution in [0.4, 0.5) is 26.3 Å². The van der Waals surface area contributed by atoms with Crippen LogP contribution >= 0.6 is 0 Å². The van der Waals surface area contributed by atoms with Gasteiger partial charge >= 0.3 is 18.3 Å². The van der Waals surface area contributed by atoms with Crippen LogP contribution in [0.2, 0.25) is 0 Å². The number of benzene rings is 2. The number of likely N-dealkylation sites (tertiary alicyclic amines) is 1. The van der Waals surface area contributed by atoms with Crippen molar-refractivity contribution in [1.29, 1.82) is 0 Å². The van der Waals surface area contributed by atoms with Gasteiger partial charge in [-0.15, -0.1) is 0 Å². The zero-order valence-electron chi connectivity index (χ0n) is 19.5. The number of carbonyl (C=O) groups is 1. The second-order valence-corrected chi connectivity index (χ2v) is 10.7. The lowest BCUT2D eigenvalue weighted by atomic mass is 9.57. The van der Waals surface area contributed by atoms with Crippen molar-refractivity contribution in [1.82, 2.24) is 4.90 Å². The lowest BCUT2D eigenvalue weighted by molar-refractivity contribution is -0.185. The molecule has 0 bridgehead atoms. The summed E-state index contributed by atoms with van der Waals surface area (Å²) in [5.74, 6) is -2.81. The van der Waals surface area contributed by atoms with Crippen LogP contribution in [0.25, 0.3) is 10.8 Å². The van der Waals surface area contributed by atoms with Gasteiger partial charge in [-0.05, 0) is 72.4 Å². The molecule has 2 aliphatic carbocycles. The highest BCUT2D eigenvalue weighted by atomic mass is 19.4. The summed E-state index contributed by atoms with van der Waals surface area (Å²) in [5.41, 5.74) is 0.0229. The predicted molar refractivity (Wildman–Crippen MR) is 119 cm³/mol. The number of nitrogens with zero attached hydrogens (tertiary/aromatic N) is 1. The van der Waals surface area contributed by atoms with E-state index in [4.69, 9.17) is 9.84 Å². The van der Waals surface area contributed by atoms with Gasteiger partial charge < -0.3 is 9.84 Å². The summed E-state index contributed by atoms with van der Waals surface area (Å²) in [4.78, 5) is 13.2. The Labute approximate surface area is 204 Å². The molecule has 3 aliphatic rings. The number of fused-ring (bicyclic) bond motifs is 1. The second-order valence-electron chi connectivity index (χ2n) is 10.7. The first-order valence-electron chi connectivity index (χ1n) is 12.1. The zero-order valence-corrected chi connectivity index (χ0v) is 19.5. The van der Waals surface area contributed by atoms with Crippen LogP contribution in [0.15, 0.2) is 30.3 Å². The molecule has 2 saturated carbocycles. The van der Waals surface area contributed by atoms with Gasteiger partial charge in [-0.25, -0.2) is 0 Å². The fraction of sp³-hybridized carbons (Fsp3) is 0.577. The van der Waals surface area contributed by atoms with Crippen LogP contribution < -0.4 is 4.74 Å². The SMILES string of the molecule is O=C(O)C1CC2(C1)CN(Cc1ccc3c(C(F)(F)F)c(OC4CCC(C(F)(F)F)CC4)ccc3c1)C2. The summed E-state index contributed by atoms with van der Waals surface area (Å²) in [6.45, 7) is 2.13. The highest BCUT2D eigenvalue weighted by Gasteiger charge is 2.54. The van der Waals surface area contributed by atoms with Crippen LogP contribution in [0.1, 0.15) is 49.7 Å². The van der Waals surface area contributed by atoms with Gasteiger partial charge in [-0.1, -0.05) is 18.2 Å². The van der Waals surface area contributed by atoms with Crippen molar-refractivity contribution in [3.63, 3.8) is 0 Å². The van der Waals surface area contributed by atoms with E-state index < -0.39 is 35.9 Å².